The molecule has 28 heavy (non-hydrogen) atoms. The molecule has 0 fully saturated rings. The fourth-order valence-electron chi connectivity index (χ4n) is 2.47. The van der Waals surface area contributed by atoms with Crippen molar-refractivity contribution in [2.45, 2.75) is 30.6 Å². The highest BCUT2D eigenvalue weighted by atomic mass is 32.2. The van der Waals surface area contributed by atoms with E-state index >= 15 is 0 Å². The molecule has 0 aliphatic carbocycles. The molecule has 152 valence electrons. The number of hydrogen-bond acceptors (Lipinski definition) is 4. The lowest BCUT2D eigenvalue weighted by Gasteiger charge is -2.17. The van der Waals surface area contributed by atoms with Gasteiger partial charge in [-0.3, -0.25) is 4.79 Å². The third kappa shape index (κ3) is 5.23. The summed E-state index contributed by atoms with van der Waals surface area (Å²) in [6, 6.07) is 9.38. The van der Waals surface area contributed by atoms with Crippen LogP contribution in [0.3, 0.4) is 0 Å². The van der Waals surface area contributed by atoms with Gasteiger partial charge in [-0.1, -0.05) is 30.3 Å². The van der Waals surface area contributed by atoms with Gasteiger partial charge in [0.15, 0.2) is 0 Å². The van der Waals surface area contributed by atoms with Crippen molar-refractivity contribution in [3.05, 3.63) is 59.7 Å². The summed E-state index contributed by atoms with van der Waals surface area (Å²) in [5.74, 6) is -0.158. The van der Waals surface area contributed by atoms with Crippen molar-refractivity contribution in [1.29, 1.82) is 0 Å². The molecule has 1 amide bonds. The molecular formula is C18H19F3N2O4S. The van der Waals surface area contributed by atoms with Crippen LogP contribution in [0.25, 0.3) is 0 Å². The van der Waals surface area contributed by atoms with Crippen LogP contribution in [0.15, 0.2) is 53.4 Å². The molecule has 0 aromatic heterocycles. The monoisotopic (exact) mass is 416 g/mol. The van der Waals surface area contributed by atoms with Gasteiger partial charge >= 0.3 is 6.18 Å². The zero-order chi connectivity index (χ0) is 20.9. The van der Waals surface area contributed by atoms with E-state index in [9.17, 15) is 26.4 Å². The van der Waals surface area contributed by atoms with Gasteiger partial charge in [0.25, 0.3) is 0 Å². The van der Waals surface area contributed by atoms with Gasteiger partial charge < -0.3 is 10.1 Å². The van der Waals surface area contributed by atoms with Crippen molar-refractivity contribution in [3.63, 3.8) is 0 Å². The number of amides is 1. The number of ether oxygens (including phenoxy) is 1. The van der Waals surface area contributed by atoms with Gasteiger partial charge in [0.1, 0.15) is 5.75 Å². The maximum Gasteiger partial charge on any atom is 0.417 e. The van der Waals surface area contributed by atoms with Crippen molar-refractivity contribution < 1.29 is 31.1 Å². The van der Waals surface area contributed by atoms with Crippen LogP contribution in [0, 0.1) is 0 Å². The number of rotatable bonds is 7. The number of alkyl halides is 3. The largest absolute Gasteiger partial charge is 0.496 e. The first-order valence-corrected chi connectivity index (χ1v) is 9.62. The Bertz CT molecular complexity index is 946. The Labute approximate surface area is 160 Å². The fraction of sp³-hybridized carbons (Fsp3) is 0.278. The lowest BCUT2D eigenvalue weighted by molar-refractivity contribution is -0.139. The summed E-state index contributed by atoms with van der Waals surface area (Å²) in [5, 5.41) is 2.52. The molecule has 2 N–H and O–H groups in total. The average molecular weight is 416 g/mol. The first kappa shape index (κ1) is 21.7. The van der Waals surface area contributed by atoms with Crippen LogP contribution < -0.4 is 14.8 Å². The number of carbonyl (C=O) groups is 1. The van der Waals surface area contributed by atoms with E-state index in [1.54, 1.807) is 24.3 Å². The predicted octanol–water partition coefficient (Wildman–Crippen LogP) is 2.70. The van der Waals surface area contributed by atoms with E-state index in [0.29, 0.717) is 17.4 Å². The SMILES string of the molecule is COc1ccccc1CNC(=O)[C@H](C)NS(=O)(=O)c1ccccc1C(F)(F)F. The Balaban J connectivity index is 2.11. The van der Waals surface area contributed by atoms with Gasteiger partial charge in [-0.05, 0) is 25.1 Å². The van der Waals surface area contributed by atoms with E-state index in [-0.39, 0.29) is 6.54 Å². The first-order chi connectivity index (χ1) is 13.1. The van der Waals surface area contributed by atoms with E-state index in [4.69, 9.17) is 4.74 Å². The molecule has 0 aliphatic heterocycles. The summed E-state index contributed by atoms with van der Waals surface area (Å²) in [7, 11) is -3.10. The van der Waals surface area contributed by atoms with E-state index < -0.39 is 38.6 Å². The number of sulfonamides is 1. The Morgan fingerprint density at radius 2 is 1.71 bits per heavy atom. The topological polar surface area (TPSA) is 84.5 Å². The second-order valence-electron chi connectivity index (χ2n) is 5.87. The number of para-hydroxylation sites is 1. The van der Waals surface area contributed by atoms with Gasteiger partial charge in [-0.15, -0.1) is 0 Å². The fourth-order valence-corrected chi connectivity index (χ4v) is 3.90. The number of carbonyl (C=O) groups excluding carboxylic acids is 1. The highest BCUT2D eigenvalue weighted by Crippen LogP contribution is 2.33. The minimum atomic E-state index is -4.85. The maximum absolute atomic E-state index is 13.1. The van der Waals surface area contributed by atoms with Gasteiger partial charge in [-0.2, -0.15) is 17.9 Å². The predicted molar refractivity (Wildman–Crippen MR) is 96.1 cm³/mol. The molecule has 6 nitrogen and oxygen atoms in total. The van der Waals surface area contributed by atoms with Crippen molar-refractivity contribution in [3.8, 4) is 5.75 Å². The molecule has 2 aromatic carbocycles. The zero-order valence-electron chi connectivity index (χ0n) is 15.1. The number of hydrogen-bond donors (Lipinski definition) is 2. The van der Waals surface area contributed by atoms with Crippen LogP contribution in [0.1, 0.15) is 18.1 Å². The van der Waals surface area contributed by atoms with Crippen LogP contribution in [0.2, 0.25) is 0 Å². The number of methoxy groups -OCH3 is 1. The Kier molecular flexibility index (Phi) is 6.68. The summed E-state index contributed by atoms with van der Waals surface area (Å²) < 4.78 is 71.1. The standard InChI is InChI=1S/C18H19F3N2O4S/c1-12(17(24)22-11-13-7-3-5-9-15(13)27-2)23-28(25,26)16-10-6-4-8-14(16)18(19,20)21/h3-10,12,23H,11H2,1-2H3,(H,22,24)/t12-/m0/s1. The quantitative estimate of drug-likeness (QED) is 0.727. The van der Waals surface area contributed by atoms with Crippen molar-refractivity contribution >= 4 is 15.9 Å². The smallest absolute Gasteiger partial charge is 0.417 e. The van der Waals surface area contributed by atoms with E-state index in [0.717, 1.165) is 12.1 Å². The summed E-state index contributed by atoms with van der Waals surface area (Å²) in [4.78, 5) is 11.3. The molecule has 0 aliphatic rings. The summed E-state index contributed by atoms with van der Waals surface area (Å²) in [5.41, 5.74) is -0.639. The summed E-state index contributed by atoms with van der Waals surface area (Å²) >= 11 is 0. The van der Waals surface area contributed by atoms with Gasteiger partial charge in [0.2, 0.25) is 15.9 Å². The Hall–Kier alpha value is -2.59. The first-order valence-electron chi connectivity index (χ1n) is 8.14. The van der Waals surface area contributed by atoms with Gasteiger partial charge in [-0.25, -0.2) is 8.42 Å². The molecule has 0 heterocycles. The van der Waals surface area contributed by atoms with Crippen LogP contribution in [0.4, 0.5) is 13.2 Å². The van der Waals surface area contributed by atoms with E-state index in [2.05, 4.69) is 5.32 Å². The second-order valence-corrected chi connectivity index (χ2v) is 7.55. The Morgan fingerprint density at radius 1 is 1.11 bits per heavy atom. The molecule has 0 saturated carbocycles. The molecule has 0 saturated heterocycles. The summed E-state index contributed by atoms with van der Waals surface area (Å²) in [6.07, 6.45) is -4.85. The summed E-state index contributed by atoms with van der Waals surface area (Å²) in [6.45, 7) is 1.30. The second kappa shape index (κ2) is 8.61. The zero-order valence-corrected chi connectivity index (χ0v) is 15.9. The van der Waals surface area contributed by atoms with Gasteiger partial charge in [0, 0.05) is 12.1 Å². The van der Waals surface area contributed by atoms with Crippen LogP contribution in [0.5, 0.6) is 5.75 Å². The molecule has 1 atom stereocenters. The molecule has 10 heteroatoms. The normalized spacial score (nSPS) is 13.0. The van der Waals surface area contributed by atoms with Crippen molar-refractivity contribution in [1.82, 2.24) is 10.0 Å². The number of benzene rings is 2. The molecule has 0 spiro atoms. The maximum atomic E-state index is 13.1. The van der Waals surface area contributed by atoms with Crippen molar-refractivity contribution in [2.24, 2.45) is 0 Å². The minimum Gasteiger partial charge on any atom is -0.496 e. The third-order valence-corrected chi connectivity index (χ3v) is 5.45. The van der Waals surface area contributed by atoms with Crippen LogP contribution >= 0.6 is 0 Å². The molecule has 0 bridgehead atoms. The molecule has 2 rings (SSSR count). The van der Waals surface area contributed by atoms with E-state index in [1.165, 1.54) is 20.1 Å². The average Bonchev–Trinajstić information content (AvgIpc) is 2.65. The van der Waals surface area contributed by atoms with Crippen LogP contribution in [-0.2, 0) is 27.5 Å². The highest BCUT2D eigenvalue weighted by molar-refractivity contribution is 7.89. The molecular weight excluding hydrogens is 397 g/mol. The number of nitrogens with one attached hydrogen (secondary N) is 2. The Morgan fingerprint density at radius 3 is 2.36 bits per heavy atom. The van der Waals surface area contributed by atoms with Gasteiger partial charge in [0.05, 0.1) is 23.6 Å². The highest BCUT2D eigenvalue weighted by Gasteiger charge is 2.37. The minimum absolute atomic E-state index is 0.0635. The lowest BCUT2D eigenvalue weighted by atomic mass is 10.2. The lowest BCUT2D eigenvalue weighted by Crippen LogP contribution is -2.44. The number of halogens is 3. The molecule has 0 unspecified atom stereocenters. The van der Waals surface area contributed by atoms with Crippen molar-refractivity contribution in [2.75, 3.05) is 7.11 Å². The third-order valence-electron chi connectivity index (χ3n) is 3.85. The van der Waals surface area contributed by atoms with E-state index in [1.807, 2.05) is 4.72 Å². The van der Waals surface area contributed by atoms with Crippen LogP contribution in [-0.4, -0.2) is 27.5 Å². The molecule has 0 radical (unpaired) electrons. The molecule has 2 aromatic rings.